The molecule has 1 amide bonds. The molecular formula is C17H25N5O3. The summed E-state index contributed by atoms with van der Waals surface area (Å²) in [6.45, 7) is 4.05. The number of amides is 1. The number of likely N-dealkylation sites (tertiary alicyclic amines) is 1. The summed E-state index contributed by atoms with van der Waals surface area (Å²) in [5.41, 5.74) is 0.451. The van der Waals surface area contributed by atoms with Gasteiger partial charge in [0.1, 0.15) is 0 Å². The minimum Gasteiger partial charge on any atom is -0.481 e. The summed E-state index contributed by atoms with van der Waals surface area (Å²) in [7, 11) is 2.11. The van der Waals surface area contributed by atoms with Gasteiger partial charge in [0, 0.05) is 32.2 Å². The number of carboxylic acids is 1. The highest BCUT2D eigenvalue weighted by atomic mass is 16.4. The van der Waals surface area contributed by atoms with Crippen LogP contribution in [-0.4, -0.2) is 94.2 Å². The molecule has 25 heavy (non-hydrogen) atoms. The van der Waals surface area contributed by atoms with Gasteiger partial charge in [0.15, 0.2) is 0 Å². The maximum absolute atomic E-state index is 12.7. The molecule has 8 nitrogen and oxygen atoms in total. The number of carbonyl (C=O) groups is 2. The van der Waals surface area contributed by atoms with E-state index in [4.69, 9.17) is 0 Å². The number of carboxylic acid groups (broad SMARTS) is 1. The predicted molar refractivity (Wildman–Crippen MR) is 91.2 cm³/mol. The third kappa shape index (κ3) is 4.32. The molecule has 0 saturated carbocycles. The lowest BCUT2D eigenvalue weighted by atomic mass is 10.0. The minimum absolute atomic E-state index is 0.175. The molecule has 1 N–H and O–H groups in total. The molecule has 0 radical (unpaired) electrons. The molecule has 3 heterocycles. The second kappa shape index (κ2) is 7.88. The Morgan fingerprint density at radius 1 is 1.12 bits per heavy atom. The molecule has 1 aromatic rings. The minimum atomic E-state index is -0.842. The topological polar surface area (TPSA) is 89.9 Å². The lowest BCUT2D eigenvalue weighted by molar-refractivity contribution is -0.142. The van der Waals surface area contributed by atoms with Crippen molar-refractivity contribution in [1.29, 1.82) is 0 Å². The van der Waals surface area contributed by atoms with Crippen LogP contribution in [0.5, 0.6) is 0 Å². The van der Waals surface area contributed by atoms with E-state index in [1.54, 1.807) is 11.0 Å². The lowest BCUT2D eigenvalue weighted by Crippen LogP contribution is -2.46. The van der Waals surface area contributed by atoms with E-state index in [2.05, 4.69) is 27.0 Å². The van der Waals surface area contributed by atoms with Crippen LogP contribution in [0.15, 0.2) is 18.5 Å². The van der Waals surface area contributed by atoms with E-state index in [9.17, 15) is 14.7 Å². The monoisotopic (exact) mass is 347 g/mol. The van der Waals surface area contributed by atoms with Gasteiger partial charge in [-0.2, -0.15) is 10.2 Å². The van der Waals surface area contributed by atoms with Crippen LogP contribution in [0, 0.1) is 5.92 Å². The normalized spacial score (nSPS) is 24.0. The molecule has 1 aromatic heterocycles. The van der Waals surface area contributed by atoms with Crippen LogP contribution in [0.2, 0.25) is 0 Å². The number of rotatable bonds is 3. The van der Waals surface area contributed by atoms with Crippen molar-refractivity contribution in [1.82, 2.24) is 24.9 Å². The predicted octanol–water partition coefficient (Wildman–Crippen LogP) is 0.0294. The molecule has 3 rings (SSSR count). The van der Waals surface area contributed by atoms with Crippen LogP contribution in [0.25, 0.3) is 0 Å². The van der Waals surface area contributed by atoms with Crippen LogP contribution in [0.4, 0.5) is 0 Å². The van der Waals surface area contributed by atoms with Crippen molar-refractivity contribution in [2.75, 3.05) is 46.3 Å². The van der Waals surface area contributed by atoms with Gasteiger partial charge in [0.05, 0.1) is 23.9 Å². The van der Waals surface area contributed by atoms with Crippen LogP contribution in [0.3, 0.4) is 0 Å². The first-order valence-corrected chi connectivity index (χ1v) is 8.76. The Balaban J connectivity index is 1.71. The fourth-order valence-electron chi connectivity index (χ4n) is 3.67. The Bertz CT molecular complexity index is 604. The molecule has 2 aliphatic heterocycles. The van der Waals surface area contributed by atoms with E-state index < -0.39 is 11.9 Å². The summed E-state index contributed by atoms with van der Waals surface area (Å²) in [6, 6.07) is 2.01. The maximum atomic E-state index is 12.7. The van der Waals surface area contributed by atoms with Crippen LogP contribution >= 0.6 is 0 Å². The van der Waals surface area contributed by atoms with Crippen molar-refractivity contribution in [3.63, 3.8) is 0 Å². The molecule has 2 aliphatic rings. The third-order valence-corrected chi connectivity index (χ3v) is 5.22. The van der Waals surface area contributed by atoms with E-state index in [0.29, 0.717) is 31.2 Å². The summed E-state index contributed by atoms with van der Waals surface area (Å²) in [5.74, 6) is -1.59. The average molecular weight is 347 g/mol. The zero-order valence-corrected chi connectivity index (χ0v) is 14.5. The molecule has 0 bridgehead atoms. The van der Waals surface area contributed by atoms with Crippen LogP contribution in [-0.2, 0) is 4.79 Å². The van der Waals surface area contributed by atoms with Crippen LogP contribution in [0.1, 0.15) is 23.2 Å². The number of hydrogen-bond acceptors (Lipinski definition) is 6. The van der Waals surface area contributed by atoms with Gasteiger partial charge in [-0.05, 0) is 39.0 Å². The fourth-order valence-corrected chi connectivity index (χ4v) is 3.67. The largest absolute Gasteiger partial charge is 0.481 e. The first-order valence-electron chi connectivity index (χ1n) is 8.76. The highest BCUT2D eigenvalue weighted by molar-refractivity contribution is 5.94. The molecule has 136 valence electrons. The number of carbonyl (C=O) groups excluding carboxylic acids is 1. The summed E-state index contributed by atoms with van der Waals surface area (Å²) >= 11 is 0. The quantitative estimate of drug-likeness (QED) is 0.825. The van der Waals surface area contributed by atoms with Gasteiger partial charge < -0.3 is 14.9 Å². The van der Waals surface area contributed by atoms with Crippen molar-refractivity contribution in [2.24, 2.45) is 5.92 Å². The molecular weight excluding hydrogens is 322 g/mol. The Morgan fingerprint density at radius 2 is 1.88 bits per heavy atom. The standard InChI is InChI=1S/C17H25N5O3/c1-20-6-3-15(4-7-20)21-8-9-22(12-14(11-21)17(24)25)16(23)13-2-5-18-19-10-13/h2,5,10,14-15H,3-4,6-9,11-12H2,1H3,(H,24,25). The SMILES string of the molecule is CN1CCC(N2CCN(C(=O)c3ccnnc3)CC(C(=O)O)C2)CC1. The van der Waals surface area contributed by atoms with Crippen molar-refractivity contribution in [3.05, 3.63) is 24.0 Å². The molecule has 0 aromatic carbocycles. The summed E-state index contributed by atoms with van der Waals surface area (Å²) in [5, 5.41) is 17.0. The Kier molecular flexibility index (Phi) is 5.60. The van der Waals surface area contributed by atoms with Gasteiger partial charge in [-0.3, -0.25) is 14.5 Å². The van der Waals surface area contributed by atoms with E-state index in [0.717, 1.165) is 25.9 Å². The summed E-state index contributed by atoms with van der Waals surface area (Å²) in [6.07, 6.45) is 5.00. The maximum Gasteiger partial charge on any atom is 0.309 e. The second-order valence-corrected chi connectivity index (χ2v) is 6.95. The number of piperidine rings is 1. The van der Waals surface area contributed by atoms with E-state index in [1.807, 2.05) is 0 Å². The smallest absolute Gasteiger partial charge is 0.309 e. The van der Waals surface area contributed by atoms with Crippen LogP contribution < -0.4 is 0 Å². The highest BCUT2D eigenvalue weighted by Crippen LogP contribution is 2.20. The van der Waals surface area contributed by atoms with Gasteiger partial charge in [-0.1, -0.05) is 0 Å². The molecule has 0 aliphatic carbocycles. The number of hydrogen-bond donors (Lipinski definition) is 1. The fraction of sp³-hybridized carbons (Fsp3) is 0.647. The zero-order valence-electron chi connectivity index (χ0n) is 14.5. The summed E-state index contributed by atoms with van der Waals surface area (Å²) in [4.78, 5) is 30.6. The Morgan fingerprint density at radius 3 is 2.52 bits per heavy atom. The Labute approximate surface area is 147 Å². The number of aromatic nitrogens is 2. The third-order valence-electron chi connectivity index (χ3n) is 5.22. The van der Waals surface area contributed by atoms with Crippen molar-refractivity contribution >= 4 is 11.9 Å². The molecule has 1 atom stereocenters. The van der Waals surface area contributed by atoms with Crippen molar-refractivity contribution in [2.45, 2.75) is 18.9 Å². The second-order valence-electron chi connectivity index (χ2n) is 6.95. The van der Waals surface area contributed by atoms with E-state index in [1.165, 1.54) is 12.4 Å². The van der Waals surface area contributed by atoms with Gasteiger partial charge in [-0.25, -0.2) is 0 Å². The van der Waals surface area contributed by atoms with Crippen molar-refractivity contribution in [3.8, 4) is 0 Å². The molecule has 2 fully saturated rings. The van der Waals surface area contributed by atoms with E-state index >= 15 is 0 Å². The average Bonchev–Trinajstić information content (AvgIpc) is 2.86. The highest BCUT2D eigenvalue weighted by Gasteiger charge is 2.33. The van der Waals surface area contributed by atoms with Gasteiger partial charge in [-0.15, -0.1) is 0 Å². The number of aliphatic carboxylic acids is 1. The van der Waals surface area contributed by atoms with Gasteiger partial charge >= 0.3 is 5.97 Å². The molecule has 0 spiro atoms. The Hall–Kier alpha value is -2.06. The first kappa shape index (κ1) is 17.8. The molecule has 8 heteroatoms. The molecule has 1 unspecified atom stereocenters. The lowest BCUT2D eigenvalue weighted by Gasteiger charge is -2.37. The van der Waals surface area contributed by atoms with Crippen molar-refractivity contribution < 1.29 is 14.7 Å². The van der Waals surface area contributed by atoms with Gasteiger partial charge in [0.2, 0.25) is 0 Å². The van der Waals surface area contributed by atoms with Gasteiger partial charge in [0.25, 0.3) is 5.91 Å². The number of nitrogens with zero attached hydrogens (tertiary/aromatic N) is 5. The van der Waals surface area contributed by atoms with E-state index in [-0.39, 0.29) is 12.5 Å². The first-order chi connectivity index (χ1) is 12.0. The zero-order chi connectivity index (χ0) is 17.8. The molecule has 2 saturated heterocycles. The summed E-state index contributed by atoms with van der Waals surface area (Å²) < 4.78 is 0.